The summed E-state index contributed by atoms with van der Waals surface area (Å²) < 4.78 is 13.4. The molecule has 0 unspecified atom stereocenters. The molecule has 2 rings (SSSR count). The molecule has 0 saturated carbocycles. The molecule has 0 atom stereocenters. The van der Waals surface area contributed by atoms with Gasteiger partial charge in [-0.25, -0.2) is 14.4 Å². The first-order chi connectivity index (χ1) is 9.56. The van der Waals surface area contributed by atoms with Gasteiger partial charge in [0.15, 0.2) is 0 Å². The van der Waals surface area contributed by atoms with Crippen LogP contribution in [-0.4, -0.2) is 16.5 Å². The minimum Gasteiger partial charge on any atom is -0.370 e. The topological polar surface area (TPSA) is 37.8 Å². The van der Waals surface area contributed by atoms with E-state index in [0.29, 0.717) is 5.56 Å². The summed E-state index contributed by atoms with van der Waals surface area (Å²) in [5, 5.41) is 3.26. The van der Waals surface area contributed by atoms with Gasteiger partial charge in [0.1, 0.15) is 17.5 Å². The van der Waals surface area contributed by atoms with Crippen molar-refractivity contribution in [1.82, 2.24) is 9.97 Å². The number of nitrogens with one attached hydrogen (secondary N) is 1. The van der Waals surface area contributed by atoms with Crippen LogP contribution in [0.5, 0.6) is 0 Å². The van der Waals surface area contributed by atoms with E-state index in [1.165, 1.54) is 6.07 Å². The van der Waals surface area contributed by atoms with Crippen molar-refractivity contribution in [2.24, 2.45) is 0 Å². The predicted octanol–water partition coefficient (Wildman–Crippen LogP) is 3.89. The van der Waals surface area contributed by atoms with Crippen LogP contribution < -0.4 is 5.32 Å². The Kier molecular flexibility index (Phi) is 4.32. The van der Waals surface area contributed by atoms with Crippen molar-refractivity contribution in [2.45, 2.75) is 34.1 Å². The smallest absolute Gasteiger partial charge is 0.133 e. The normalized spacial score (nSPS) is 10.7. The lowest BCUT2D eigenvalue weighted by Gasteiger charge is -2.13. The second-order valence-corrected chi connectivity index (χ2v) is 4.81. The summed E-state index contributed by atoms with van der Waals surface area (Å²) in [5.41, 5.74) is 3.42. The predicted molar refractivity (Wildman–Crippen MR) is 80.4 cm³/mol. The Bertz CT molecular complexity index is 623. The first-order valence-electron chi connectivity index (χ1n) is 6.94. The van der Waals surface area contributed by atoms with E-state index in [1.54, 1.807) is 13.0 Å². The number of benzene rings is 1. The van der Waals surface area contributed by atoms with Crippen molar-refractivity contribution >= 4 is 5.82 Å². The molecule has 4 heteroatoms. The Morgan fingerprint density at radius 3 is 2.50 bits per heavy atom. The molecule has 0 aliphatic rings. The third-order valence-corrected chi connectivity index (χ3v) is 3.28. The molecule has 1 aromatic heterocycles. The maximum absolute atomic E-state index is 13.4. The summed E-state index contributed by atoms with van der Waals surface area (Å²) in [7, 11) is 0. The Morgan fingerprint density at radius 2 is 1.90 bits per heavy atom. The summed E-state index contributed by atoms with van der Waals surface area (Å²) in [4.78, 5) is 9.11. The maximum Gasteiger partial charge on any atom is 0.133 e. The molecule has 0 bridgehead atoms. The fourth-order valence-corrected chi connectivity index (χ4v) is 2.13. The minimum atomic E-state index is -0.192. The molecule has 0 amide bonds. The molecular weight excluding hydrogens is 253 g/mol. The van der Waals surface area contributed by atoms with Crippen molar-refractivity contribution in [1.29, 1.82) is 0 Å². The van der Waals surface area contributed by atoms with Gasteiger partial charge in [0, 0.05) is 24.1 Å². The standard InChI is InChI=1S/C16H20FN3/c1-5-14-19-15(11(4)16(20-14)18-6-2)12-7-8-13(17)10(3)9-12/h7-9H,5-6H2,1-4H3,(H,18,19,20). The molecule has 3 nitrogen and oxygen atoms in total. The highest BCUT2D eigenvalue weighted by molar-refractivity contribution is 5.68. The molecule has 1 aromatic carbocycles. The second kappa shape index (κ2) is 5.99. The Labute approximate surface area is 119 Å². The van der Waals surface area contributed by atoms with E-state index in [2.05, 4.69) is 15.3 Å². The number of anilines is 1. The highest BCUT2D eigenvalue weighted by Crippen LogP contribution is 2.27. The molecule has 0 saturated heterocycles. The largest absolute Gasteiger partial charge is 0.370 e. The van der Waals surface area contributed by atoms with Gasteiger partial charge in [-0.15, -0.1) is 0 Å². The van der Waals surface area contributed by atoms with Gasteiger partial charge in [0.05, 0.1) is 5.69 Å². The third kappa shape index (κ3) is 2.79. The van der Waals surface area contributed by atoms with Crippen molar-refractivity contribution in [3.05, 3.63) is 41.0 Å². The fourth-order valence-electron chi connectivity index (χ4n) is 2.13. The van der Waals surface area contributed by atoms with E-state index in [-0.39, 0.29) is 5.82 Å². The van der Waals surface area contributed by atoms with Crippen LogP contribution in [0.3, 0.4) is 0 Å². The maximum atomic E-state index is 13.4. The molecule has 106 valence electrons. The lowest BCUT2D eigenvalue weighted by atomic mass is 10.0. The molecule has 1 N–H and O–H groups in total. The van der Waals surface area contributed by atoms with Gasteiger partial charge in [-0.1, -0.05) is 6.92 Å². The fraction of sp³-hybridized carbons (Fsp3) is 0.375. The number of halogens is 1. The van der Waals surface area contributed by atoms with Gasteiger partial charge in [-0.2, -0.15) is 0 Å². The summed E-state index contributed by atoms with van der Waals surface area (Å²) in [6, 6.07) is 5.09. The van der Waals surface area contributed by atoms with E-state index >= 15 is 0 Å². The summed E-state index contributed by atoms with van der Waals surface area (Å²) in [6.07, 6.45) is 0.770. The highest BCUT2D eigenvalue weighted by Gasteiger charge is 2.12. The van der Waals surface area contributed by atoms with E-state index in [4.69, 9.17) is 0 Å². The van der Waals surface area contributed by atoms with E-state index in [9.17, 15) is 4.39 Å². The quantitative estimate of drug-likeness (QED) is 0.918. The van der Waals surface area contributed by atoms with Crippen molar-refractivity contribution in [3.8, 4) is 11.3 Å². The second-order valence-electron chi connectivity index (χ2n) is 4.81. The van der Waals surface area contributed by atoms with Crippen LogP contribution in [0.25, 0.3) is 11.3 Å². The van der Waals surface area contributed by atoms with Gasteiger partial charge < -0.3 is 5.32 Å². The van der Waals surface area contributed by atoms with Crippen LogP contribution >= 0.6 is 0 Å². The van der Waals surface area contributed by atoms with Crippen LogP contribution in [0.4, 0.5) is 10.2 Å². The van der Waals surface area contributed by atoms with Gasteiger partial charge in [0.2, 0.25) is 0 Å². The summed E-state index contributed by atoms with van der Waals surface area (Å²) in [6.45, 7) is 8.63. The van der Waals surface area contributed by atoms with Crippen molar-refractivity contribution in [2.75, 3.05) is 11.9 Å². The lowest BCUT2D eigenvalue weighted by Crippen LogP contribution is -2.07. The summed E-state index contributed by atoms with van der Waals surface area (Å²) >= 11 is 0. The average Bonchev–Trinajstić information content (AvgIpc) is 2.44. The first kappa shape index (κ1) is 14.4. The number of hydrogen-bond acceptors (Lipinski definition) is 3. The number of nitrogens with zero attached hydrogens (tertiary/aromatic N) is 2. The number of rotatable bonds is 4. The lowest BCUT2D eigenvalue weighted by molar-refractivity contribution is 0.618. The molecule has 0 aliphatic heterocycles. The first-order valence-corrected chi connectivity index (χ1v) is 6.94. The molecule has 2 aromatic rings. The van der Waals surface area contributed by atoms with Crippen molar-refractivity contribution < 1.29 is 4.39 Å². The van der Waals surface area contributed by atoms with E-state index < -0.39 is 0 Å². The minimum absolute atomic E-state index is 0.192. The SMILES string of the molecule is CCNc1nc(CC)nc(-c2ccc(F)c(C)c2)c1C. The van der Waals surface area contributed by atoms with E-state index in [0.717, 1.165) is 41.4 Å². The van der Waals surface area contributed by atoms with Gasteiger partial charge in [-0.05, 0) is 44.5 Å². The average molecular weight is 273 g/mol. The number of aryl methyl sites for hydroxylation is 2. The Balaban J connectivity index is 2.59. The molecule has 0 aliphatic carbocycles. The van der Waals surface area contributed by atoms with Crippen LogP contribution in [0.1, 0.15) is 30.8 Å². The molecule has 1 heterocycles. The number of aromatic nitrogens is 2. The van der Waals surface area contributed by atoms with E-state index in [1.807, 2.05) is 26.8 Å². The monoisotopic (exact) mass is 273 g/mol. The summed E-state index contributed by atoms with van der Waals surface area (Å²) in [5.74, 6) is 1.46. The highest BCUT2D eigenvalue weighted by atomic mass is 19.1. The van der Waals surface area contributed by atoms with Gasteiger partial charge >= 0.3 is 0 Å². The van der Waals surface area contributed by atoms with Crippen LogP contribution in [-0.2, 0) is 6.42 Å². The zero-order chi connectivity index (χ0) is 14.7. The molecule has 0 spiro atoms. The number of hydrogen-bond donors (Lipinski definition) is 1. The molecule has 0 fully saturated rings. The Morgan fingerprint density at radius 1 is 1.15 bits per heavy atom. The van der Waals surface area contributed by atoms with Crippen molar-refractivity contribution in [3.63, 3.8) is 0 Å². The van der Waals surface area contributed by atoms with Gasteiger partial charge in [-0.3, -0.25) is 0 Å². The van der Waals surface area contributed by atoms with Crippen LogP contribution in [0.2, 0.25) is 0 Å². The van der Waals surface area contributed by atoms with Crippen LogP contribution in [0, 0.1) is 19.7 Å². The van der Waals surface area contributed by atoms with Crippen LogP contribution in [0.15, 0.2) is 18.2 Å². The molecular formula is C16H20FN3. The zero-order valence-electron chi connectivity index (χ0n) is 12.4. The van der Waals surface area contributed by atoms with Gasteiger partial charge in [0.25, 0.3) is 0 Å². The molecule has 20 heavy (non-hydrogen) atoms. The molecule has 0 radical (unpaired) electrons. The zero-order valence-corrected chi connectivity index (χ0v) is 12.4. The Hall–Kier alpha value is -1.97. The third-order valence-electron chi connectivity index (χ3n) is 3.28.